The van der Waals surface area contributed by atoms with Crippen LogP contribution < -0.4 is 4.74 Å². The van der Waals surface area contributed by atoms with E-state index in [1.54, 1.807) is 0 Å². The quantitative estimate of drug-likeness (QED) is 0.782. The van der Waals surface area contributed by atoms with Crippen molar-refractivity contribution in [2.45, 2.75) is 44.3 Å². The van der Waals surface area contributed by atoms with Gasteiger partial charge in [0.05, 0.1) is 23.2 Å². The fourth-order valence-electron chi connectivity index (χ4n) is 1.70. The maximum atomic E-state index is 5.94. The molecule has 0 fully saturated rings. The lowest BCUT2D eigenvalue weighted by molar-refractivity contribution is 0.263. The van der Waals surface area contributed by atoms with E-state index in [1.165, 1.54) is 4.90 Å². The highest BCUT2D eigenvalue weighted by atomic mass is 32.2. The maximum Gasteiger partial charge on any atom is 0.151 e. The van der Waals surface area contributed by atoms with Crippen LogP contribution in [0.3, 0.4) is 0 Å². The zero-order valence-electron chi connectivity index (χ0n) is 12.3. The Kier molecular flexibility index (Phi) is 4.09. The van der Waals surface area contributed by atoms with Crippen molar-refractivity contribution in [3.05, 3.63) is 24.5 Å². The third-order valence-electron chi connectivity index (χ3n) is 2.45. The first-order valence-electron chi connectivity index (χ1n) is 6.64. The van der Waals surface area contributed by atoms with Gasteiger partial charge < -0.3 is 4.74 Å². The number of hydrogen-bond acceptors (Lipinski definition) is 3. The lowest BCUT2D eigenvalue weighted by atomic mass is 10.2. The van der Waals surface area contributed by atoms with Gasteiger partial charge >= 0.3 is 0 Å². The van der Waals surface area contributed by atoms with Crippen LogP contribution in [0.4, 0.5) is 0 Å². The van der Waals surface area contributed by atoms with Crippen LogP contribution in [0.1, 0.15) is 34.6 Å². The molecule has 2 aromatic heterocycles. The molecule has 0 spiro atoms. The van der Waals surface area contributed by atoms with Crippen LogP contribution in [0.2, 0.25) is 0 Å². The van der Waals surface area contributed by atoms with E-state index < -0.39 is 0 Å². The first kappa shape index (κ1) is 14.3. The van der Waals surface area contributed by atoms with Crippen molar-refractivity contribution in [1.29, 1.82) is 0 Å². The highest BCUT2D eigenvalue weighted by Crippen LogP contribution is 2.38. The van der Waals surface area contributed by atoms with Crippen LogP contribution in [0, 0.1) is 5.92 Å². The van der Waals surface area contributed by atoms with Gasteiger partial charge in [-0.1, -0.05) is 34.6 Å². The molecular weight excluding hydrogens is 256 g/mol. The predicted octanol–water partition coefficient (Wildman–Crippen LogP) is 4.26. The Hall–Kier alpha value is -1.16. The van der Waals surface area contributed by atoms with Gasteiger partial charge in [-0.2, -0.15) is 5.10 Å². The number of thioether (sulfide) groups is 1. The summed E-state index contributed by atoms with van der Waals surface area (Å²) in [6, 6.07) is 4.16. The third-order valence-corrected chi connectivity index (χ3v) is 3.60. The van der Waals surface area contributed by atoms with E-state index in [0.717, 1.165) is 17.9 Å². The molecule has 0 aliphatic heterocycles. The lowest BCUT2D eigenvalue weighted by Crippen LogP contribution is -2.10. The summed E-state index contributed by atoms with van der Waals surface area (Å²) in [4.78, 5) is 1.18. The summed E-state index contributed by atoms with van der Waals surface area (Å²) in [5.41, 5.74) is 1.10. The van der Waals surface area contributed by atoms with Crippen molar-refractivity contribution in [3.8, 4) is 5.75 Å². The van der Waals surface area contributed by atoms with Gasteiger partial charge in [-0.25, -0.2) is 4.52 Å². The van der Waals surface area contributed by atoms with Crippen LogP contribution in [-0.2, 0) is 0 Å². The fraction of sp³-hybridized carbons (Fsp3) is 0.533. The number of rotatable bonds is 4. The van der Waals surface area contributed by atoms with E-state index in [9.17, 15) is 0 Å². The van der Waals surface area contributed by atoms with Crippen molar-refractivity contribution in [2.75, 3.05) is 6.61 Å². The molecule has 2 heterocycles. The third kappa shape index (κ3) is 3.90. The molecule has 0 aliphatic carbocycles. The Labute approximate surface area is 119 Å². The molecule has 19 heavy (non-hydrogen) atoms. The number of fused-ring (bicyclic) bond motifs is 1. The van der Waals surface area contributed by atoms with Gasteiger partial charge in [0.2, 0.25) is 0 Å². The average molecular weight is 278 g/mol. The number of nitrogens with zero attached hydrogens (tertiary/aromatic N) is 2. The summed E-state index contributed by atoms with van der Waals surface area (Å²) in [5, 5.41) is 4.27. The average Bonchev–Trinajstić information content (AvgIpc) is 2.70. The first-order valence-corrected chi connectivity index (χ1v) is 7.46. The molecule has 0 amide bonds. The summed E-state index contributed by atoms with van der Waals surface area (Å²) in [6.45, 7) is 11.7. The Morgan fingerprint density at radius 3 is 2.74 bits per heavy atom. The summed E-state index contributed by atoms with van der Waals surface area (Å²) < 4.78 is 7.96. The normalized spacial score (nSPS) is 12.3. The Morgan fingerprint density at radius 1 is 1.37 bits per heavy atom. The number of aromatic nitrogens is 2. The second-order valence-corrected chi connectivity index (χ2v) is 7.99. The van der Waals surface area contributed by atoms with Gasteiger partial charge in [-0.15, -0.1) is 11.8 Å². The summed E-state index contributed by atoms with van der Waals surface area (Å²) in [6.07, 6.45) is 3.79. The molecule has 2 aromatic rings. The van der Waals surface area contributed by atoms with Gasteiger partial charge in [-0.3, -0.25) is 0 Å². The molecule has 0 atom stereocenters. The van der Waals surface area contributed by atoms with E-state index in [0.29, 0.717) is 5.92 Å². The molecule has 2 rings (SSSR count). The lowest BCUT2D eigenvalue weighted by Gasteiger charge is -2.20. The minimum absolute atomic E-state index is 0.161. The fourth-order valence-corrected chi connectivity index (χ4v) is 2.75. The van der Waals surface area contributed by atoms with Crippen molar-refractivity contribution in [3.63, 3.8) is 0 Å². The van der Waals surface area contributed by atoms with E-state index in [2.05, 4.69) is 45.8 Å². The van der Waals surface area contributed by atoms with Crippen molar-refractivity contribution >= 4 is 17.3 Å². The standard InChI is InChI=1S/C15H22N2OS/c1-11(2)10-18-13-9-17-12(6-7-16-17)8-14(13)19-15(3,4)5/h6-9,11H,10H2,1-5H3. The highest BCUT2D eigenvalue weighted by Gasteiger charge is 2.17. The van der Waals surface area contributed by atoms with Gasteiger partial charge in [0.25, 0.3) is 0 Å². The molecule has 104 valence electrons. The molecule has 0 radical (unpaired) electrons. The molecule has 0 bridgehead atoms. The molecule has 0 unspecified atom stereocenters. The molecular formula is C15H22N2OS. The zero-order valence-corrected chi connectivity index (χ0v) is 13.1. The summed E-state index contributed by atoms with van der Waals surface area (Å²) in [7, 11) is 0. The maximum absolute atomic E-state index is 5.94. The topological polar surface area (TPSA) is 26.5 Å². The van der Waals surface area contributed by atoms with Gasteiger partial charge in [0.1, 0.15) is 0 Å². The highest BCUT2D eigenvalue weighted by molar-refractivity contribution is 8.00. The van der Waals surface area contributed by atoms with Crippen molar-refractivity contribution < 1.29 is 4.74 Å². The van der Waals surface area contributed by atoms with Gasteiger partial charge in [-0.05, 0) is 18.1 Å². The van der Waals surface area contributed by atoms with E-state index in [4.69, 9.17) is 4.74 Å². The minimum Gasteiger partial charge on any atom is -0.491 e. The molecule has 0 N–H and O–H groups in total. The SMILES string of the molecule is CC(C)COc1cn2nccc2cc1SC(C)(C)C. The zero-order chi connectivity index (χ0) is 14.0. The summed E-state index contributed by atoms with van der Waals surface area (Å²) in [5.74, 6) is 1.44. The van der Waals surface area contributed by atoms with Gasteiger partial charge in [0.15, 0.2) is 5.75 Å². The van der Waals surface area contributed by atoms with Crippen LogP contribution in [-0.4, -0.2) is 21.0 Å². The molecule has 0 aromatic carbocycles. The molecule has 0 aliphatic rings. The second kappa shape index (κ2) is 5.45. The smallest absolute Gasteiger partial charge is 0.151 e. The van der Waals surface area contributed by atoms with E-state index in [1.807, 2.05) is 34.7 Å². The van der Waals surface area contributed by atoms with Gasteiger partial charge in [0, 0.05) is 10.9 Å². The number of hydrogen-bond donors (Lipinski definition) is 0. The monoisotopic (exact) mass is 278 g/mol. The van der Waals surface area contributed by atoms with E-state index in [-0.39, 0.29) is 4.75 Å². The van der Waals surface area contributed by atoms with Crippen molar-refractivity contribution in [2.24, 2.45) is 5.92 Å². The molecule has 3 nitrogen and oxygen atoms in total. The first-order chi connectivity index (χ1) is 8.85. The van der Waals surface area contributed by atoms with E-state index >= 15 is 0 Å². The number of pyridine rings is 1. The Balaban J connectivity index is 2.35. The predicted molar refractivity (Wildman–Crippen MR) is 81.1 cm³/mol. The molecule has 0 saturated carbocycles. The minimum atomic E-state index is 0.161. The second-order valence-electron chi connectivity index (χ2n) is 6.12. The number of ether oxygens (including phenoxy) is 1. The Bertz CT molecular complexity index is 555. The largest absolute Gasteiger partial charge is 0.491 e. The molecule has 4 heteroatoms. The van der Waals surface area contributed by atoms with Crippen molar-refractivity contribution in [1.82, 2.24) is 9.61 Å². The van der Waals surface area contributed by atoms with Crippen LogP contribution >= 0.6 is 11.8 Å². The summed E-state index contributed by atoms with van der Waals surface area (Å²) >= 11 is 1.83. The Morgan fingerprint density at radius 2 is 2.11 bits per heavy atom. The van der Waals surface area contributed by atoms with Crippen LogP contribution in [0.25, 0.3) is 5.52 Å². The van der Waals surface area contributed by atoms with Crippen LogP contribution in [0.5, 0.6) is 5.75 Å². The van der Waals surface area contributed by atoms with Crippen LogP contribution in [0.15, 0.2) is 29.4 Å². The molecule has 0 saturated heterocycles.